The molecule has 4 fully saturated rings. The van der Waals surface area contributed by atoms with Gasteiger partial charge in [-0.1, -0.05) is 24.6 Å². The third-order valence-corrected chi connectivity index (χ3v) is 12.1. The second-order valence-electron chi connectivity index (χ2n) is 14.9. The Morgan fingerprint density at radius 3 is 2.50 bits per heavy atom. The van der Waals surface area contributed by atoms with Crippen LogP contribution in [0.3, 0.4) is 0 Å². The maximum Gasteiger partial charge on any atom is 0.305 e. The zero-order valence-corrected chi connectivity index (χ0v) is 26.0. The van der Waals surface area contributed by atoms with Gasteiger partial charge in [0.25, 0.3) is 5.91 Å². The van der Waals surface area contributed by atoms with Crippen molar-refractivity contribution in [2.75, 3.05) is 13.2 Å². The number of nitrogens with zero attached hydrogens (tertiary/aromatic N) is 1. The molecule has 0 unspecified atom stereocenters. The molecule has 0 radical (unpaired) electrons. The SMILES string of the molecule is CC(=O)[C@@]1(O)CC[C@H]2[C@@H]3CCC4=C/C(=N\OCC(=O)N[C@H](CC(=O)O)[C@H]5CCOC(C)(C)C5)CC[C@]4(C)[C@H]3CC[C@@]21C. The van der Waals surface area contributed by atoms with E-state index < -0.39 is 17.6 Å². The summed E-state index contributed by atoms with van der Waals surface area (Å²) in [5.74, 6) is 0.0492. The van der Waals surface area contributed by atoms with E-state index in [1.165, 1.54) is 5.57 Å². The zero-order chi connectivity index (χ0) is 30.5. The lowest BCUT2D eigenvalue weighted by Crippen LogP contribution is -2.57. The van der Waals surface area contributed by atoms with Crippen LogP contribution in [0.1, 0.15) is 105 Å². The minimum atomic E-state index is -1.19. The number of Topliss-reactive ketones (excluding diaryl/α,β-unsaturated/α-hetero) is 1. The molecule has 5 rings (SSSR count). The second kappa shape index (κ2) is 11.3. The molecule has 1 amide bonds. The van der Waals surface area contributed by atoms with E-state index in [4.69, 9.17) is 9.57 Å². The first-order valence-corrected chi connectivity index (χ1v) is 16.0. The predicted octanol–water partition coefficient (Wildman–Crippen LogP) is 4.81. The third kappa shape index (κ3) is 5.56. The van der Waals surface area contributed by atoms with E-state index in [0.717, 1.165) is 50.7 Å². The van der Waals surface area contributed by atoms with Crippen molar-refractivity contribution in [2.45, 2.75) is 122 Å². The molecule has 9 nitrogen and oxygen atoms in total. The minimum Gasteiger partial charge on any atom is -0.481 e. The summed E-state index contributed by atoms with van der Waals surface area (Å²) in [6.45, 7) is 10.4. The molecular weight excluding hydrogens is 536 g/mol. The number of ketones is 1. The Balaban J connectivity index is 1.20. The van der Waals surface area contributed by atoms with Crippen molar-refractivity contribution in [3.63, 3.8) is 0 Å². The van der Waals surface area contributed by atoms with Gasteiger partial charge in [0.15, 0.2) is 12.4 Å². The monoisotopic (exact) mass is 586 g/mol. The van der Waals surface area contributed by atoms with E-state index in [2.05, 4.69) is 30.4 Å². The topological polar surface area (TPSA) is 135 Å². The molecule has 0 bridgehead atoms. The summed E-state index contributed by atoms with van der Waals surface area (Å²) < 4.78 is 5.77. The summed E-state index contributed by atoms with van der Waals surface area (Å²) in [4.78, 5) is 42.2. The van der Waals surface area contributed by atoms with Gasteiger partial charge in [-0.15, -0.1) is 0 Å². The number of carboxylic acids is 1. The number of aliphatic hydroxyl groups is 1. The number of carbonyl (C=O) groups excluding carboxylic acids is 2. The van der Waals surface area contributed by atoms with Crippen molar-refractivity contribution in [1.82, 2.24) is 5.32 Å². The molecule has 0 aromatic rings. The number of carboxylic acid groups (broad SMARTS) is 1. The smallest absolute Gasteiger partial charge is 0.305 e. The first-order chi connectivity index (χ1) is 19.7. The molecule has 1 saturated heterocycles. The number of rotatable bonds is 8. The quantitative estimate of drug-likeness (QED) is 0.348. The Labute approximate surface area is 249 Å². The van der Waals surface area contributed by atoms with Gasteiger partial charge in [0.2, 0.25) is 0 Å². The second-order valence-corrected chi connectivity index (χ2v) is 14.9. The summed E-state index contributed by atoms with van der Waals surface area (Å²) in [5, 5.41) is 28.0. The van der Waals surface area contributed by atoms with Crippen LogP contribution in [-0.2, 0) is 24.0 Å². The average Bonchev–Trinajstić information content (AvgIpc) is 3.19. The number of fused-ring (bicyclic) bond motifs is 5. The number of allylic oxidation sites excluding steroid dienone is 2. The van der Waals surface area contributed by atoms with Crippen LogP contribution < -0.4 is 5.32 Å². The largest absolute Gasteiger partial charge is 0.481 e. The number of amides is 1. The molecule has 234 valence electrons. The summed E-state index contributed by atoms with van der Waals surface area (Å²) in [7, 11) is 0. The number of aliphatic carboxylic acids is 1. The molecule has 3 saturated carbocycles. The van der Waals surface area contributed by atoms with Crippen LogP contribution in [0.15, 0.2) is 16.8 Å². The Kier molecular flexibility index (Phi) is 8.42. The summed E-state index contributed by atoms with van der Waals surface area (Å²) >= 11 is 0. The molecule has 8 atom stereocenters. The van der Waals surface area contributed by atoms with Crippen molar-refractivity contribution in [3.05, 3.63) is 11.6 Å². The maximum atomic E-state index is 12.7. The zero-order valence-electron chi connectivity index (χ0n) is 26.0. The van der Waals surface area contributed by atoms with E-state index in [9.17, 15) is 24.6 Å². The normalized spacial score (nSPS) is 40.6. The first-order valence-electron chi connectivity index (χ1n) is 16.0. The predicted molar refractivity (Wildman–Crippen MR) is 158 cm³/mol. The number of oxime groups is 1. The number of ether oxygens (including phenoxy) is 1. The number of nitrogens with one attached hydrogen (secondary N) is 1. The van der Waals surface area contributed by atoms with E-state index in [-0.39, 0.29) is 47.1 Å². The van der Waals surface area contributed by atoms with Gasteiger partial charge in [-0.05, 0) is 120 Å². The molecule has 0 spiro atoms. The van der Waals surface area contributed by atoms with Gasteiger partial charge in [-0.25, -0.2) is 0 Å². The van der Waals surface area contributed by atoms with Crippen molar-refractivity contribution in [1.29, 1.82) is 0 Å². The van der Waals surface area contributed by atoms with Crippen LogP contribution in [0.4, 0.5) is 0 Å². The molecule has 4 aliphatic carbocycles. The highest BCUT2D eigenvalue weighted by molar-refractivity contribution is 5.96. The Bertz CT molecular complexity index is 1160. The van der Waals surface area contributed by atoms with E-state index >= 15 is 0 Å². The highest BCUT2D eigenvalue weighted by Crippen LogP contribution is 2.67. The fourth-order valence-corrected chi connectivity index (χ4v) is 9.81. The fraction of sp³-hybridized carbons (Fsp3) is 0.818. The van der Waals surface area contributed by atoms with Crippen molar-refractivity contribution >= 4 is 23.4 Å². The van der Waals surface area contributed by atoms with Crippen molar-refractivity contribution in [2.24, 2.45) is 39.7 Å². The molecule has 1 heterocycles. The molecule has 0 aromatic carbocycles. The molecule has 1 aliphatic heterocycles. The highest BCUT2D eigenvalue weighted by atomic mass is 16.6. The fourth-order valence-electron chi connectivity index (χ4n) is 9.81. The Morgan fingerprint density at radius 1 is 1.07 bits per heavy atom. The van der Waals surface area contributed by atoms with Crippen LogP contribution in [0.2, 0.25) is 0 Å². The average molecular weight is 587 g/mol. The van der Waals surface area contributed by atoms with E-state index in [1.54, 1.807) is 6.92 Å². The van der Waals surface area contributed by atoms with Crippen molar-refractivity contribution < 1.29 is 34.2 Å². The van der Waals surface area contributed by atoms with Crippen molar-refractivity contribution in [3.8, 4) is 0 Å². The van der Waals surface area contributed by atoms with Crippen LogP contribution in [0, 0.1) is 34.5 Å². The molecular formula is C33H50N2O7. The summed E-state index contributed by atoms with van der Waals surface area (Å²) in [6, 6.07) is -0.481. The van der Waals surface area contributed by atoms with E-state index in [1.807, 2.05) is 13.8 Å². The molecule has 0 aromatic heterocycles. The lowest BCUT2D eigenvalue weighted by atomic mass is 9.46. The Morgan fingerprint density at radius 2 is 1.81 bits per heavy atom. The summed E-state index contributed by atoms with van der Waals surface area (Å²) in [5.41, 5.74) is 0.437. The van der Waals surface area contributed by atoms with Crippen LogP contribution in [-0.4, -0.2) is 64.0 Å². The molecule has 9 heteroatoms. The van der Waals surface area contributed by atoms with Gasteiger partial charge in [-0.2, -0.15) is 0 Å². The highest BCUT2D eigenvalue weighted by Gasteiger charge is 2.65. The van der Waals surface area contributed by atoms with Gasteiger partial charge in [0.05, 0.1) is 17.7 Å². The Hall–Kier alpha value is -2.26. The van der Waals surface area contributed by atoms with Crippen LogP contribution >= 0.6 is 0 Å². The van der Waals surface area contributed by atoms with Crippen LogP contribution in [0.5, 0.6) is 0 Å². The number of hydrogen-bond acceptors (Lipinski definition) is 7. The van der Waals surface area contributed by atoms with E-state index in [0.29, 0.717) is 43.6 Å². The van der Waals surface area contributed by atoms with Gasteiger partial charge < -0.3 is 25.1 Å². The molecule has 42 heavy (non-hydrogen) atoms. The van der Waals surface area contributed by atoms with Crippen LogP contribution in [0.25, 0.3) is 0 Å². The standard InChI is InChI=1S/C33H50N2O7/c1-20(36)33(40)14-10-26-24-7-6-22-16-23(8-12-31(22,4)25(24)9-13-32(26,33)5)35-42-19-28(37)34-27(17-29(38)39)21-11-15-41-30(2,3)18-21/h16,21,24-27,40H,6-15,17-19H2,1-5H3,(H,34,37)(H,38,39)/b35-23-/t21-,24+,25-,26-,27+,31-,32-,33-/m0/s1. The lowest BCUT2D eigenvalue weighted by molar-refractivity contribution is -0.159. The maximum absolute atomic E-state index is 12.7. The number of carbonyl (C=O) groups is 3. The molecule has 3 N–H and O–H groups in total. The third-order valence-electron chi connectivity index (χ3n) is 12.1. The van der Waals surface area contributed by atoms with Gasteiger partial charge >= 0.3 is 5.97 Å². The molecule has 5 aliphatic rings. The summed E-state index contributed by atoms with van der Waals surface area (Å²) in [6.07, 6.45) is 10.6. The van der Waals surface area contributed by atoms with Gasteiger partial charge in [-0.3, -0.25) is 14.4 Å². The number of hydrogen-bond donors (Lipinski definition) is 3. The minimum absolute atomic E-state index is 0.0224. The van der Waals surface area contributed by atoms with Gasteiger partial charge in [0, 0.05) is 18.1 Å². The lowest BCUT2D eigenvalue weighted by Gasteiger charge is -2.59. The first kappa shape index (κ1) is 31.2. The van der Waals surface area contributed by atoms with Gasteiger partial charge in [0.1, 0.15) is 5.60 Å².